The van der Waals surface area contributed by atoms with E-state index in [1.54, 1.807) is 6.20 Å². The summed E-state index contributed by atoms with van der Waals surface area (Å²) in [5.41, 5.74) is 9.33. The first-order valence-corrected chi connectivity index (χ1v) is 10.5. The number of carboxylic acids is 2. The van der Waals surface area contributed by atoms with E-state index in [0.717, 1.165) is 12.8 Å². The molecule has 7 N–H and O–H groups in total. The Bertz CT molecular complexity index is 602. The molecule has 1 aliphatic heterocycles. The largest absolute Gasteiger partial charge is 0.481 e. The first kappa shape index (κ1) is 24.5. The second-order valence-electron chi connectivity index (χ2n) is 8.06. The molecule has 0 aromatic heterocycles. The molecule has 2 aliphatic rings. The molecule has 1 saturated carbocycles. The van der Waals surface area contributed by atoms with Crippen LogP contribution in [0.2, 0.25) is 0 Å². The lowest BCUT2D eigenvalue weighted by atomic mass is 9.63. The van der Waals surface area contributed by atoms with Gasteiger partial charge in [-0.1, -0.05) is 39.0 Å². The van der Waals surface area contributed by atoms with Crippen molar-refractivity contribution in [1.29, 1.82) is 0 Å². The van der Waals surface area contributed by atoms with Crippen molar-refractivity contribution in [3.63, 3.8) is 0 Å². The van der Waals surface area contributed by atoms with Crippen LogP contribution in [0, 0.1) is 16.7 Å². The average molecular weight is 416 g/mol. The maximum absolute atomic E-state index is 12.6. The molecule has 0 amide bonds. The lowest BCUT2D eigenvalue weighted by Crippen LogP contribution is -2.48. The van der Waals surface area contributed by atoms with Gasteiger partial charge in [-0.2, -0.15) is 0 Å². The Morgan fingerprint density at radius 2 is 1.89 bits per heavy atom. The average Bonchev–Trinajstić information content (AvgIpc) is 3.22. The molecule has 0 spiro atoms. The number of rotatable bonds is 8. The minimum Gasteiger partial charge on any atom is -0.481 e. The van der Waals surface area contributed by atoms with Crippen molar-refractivity contribution in [2.75, 3.05) is 6.54 Å². The zero-order valence-corrected chi connectivity index (χ0v) is 17.6. The summed E-state index contributed by atoms with van der Waals surface area (Å²) >= 11 is 1.46. The van der Waals surface area contributed by atoms with Crippen molar-refractivity contribution < 1.29 is 24.6 Å². The zero-order valence-electron chi connectivity index (χ0n) is 16.8. The Balaban J connectivity index is 0.000000336. The summed E-state index contributed by atoms with van der Waals surface area (Å²) in [4.78, 5) is 34.1. The van der Waals surface area contributed by atoms with Gasteiger partial charge in [0.05, 0.1) is 5.92 Å². The standard InChI is InChI=1S/C13H19NO3S.C6H14N2O2/c1-12(2)8(11(16)17)4-5-13(12,3)9(15)10-14-6-7-18-10;7-4-2-1-3-5(8)6(9)10/h6-8,10,14H,4-5H2,1-3H3,(H,16,17);5H,1-4,7-8H2,(H,9,10)/t;5-/m.0/s1. The fourth-order valence-corrected chi connectivity index (χ4v) is 4.57. The number of nitrogens with two attached hydrogens (primary N) is 2. The quantitative estimate of drug-likeness (QED) is 0.373. The highest BCUT2D eigenvalue weighted by Crippen LogP contribution is 2.57. The number of hydrogen-bond acceptors (Lipinski definition) is 7. The number of carbonyl (C=O) groups excluding carboxylic acids is 1. The number of nitrogens with one attached hydrogen (secondary N) is 1. The van der Waals surface area contributed by atoms with E-state index >= 15 is 0 Å². The van der Waals surface area contributed by atoms with Crippen LogP contribution in [0.15, 0.2) is 11.6 Å². The summed E-state index contributed by atoms with van der Waals surface area (Å²) in [5, 5.41) is 22.2. The van der Waals surface area contributed by atoms with Crippen LogP contribution in [0.4, 0.5) is 0 Å². The van der Waals surface area contributed by atoms with Crippen LogP contribution in [-0.4, -0.2) is 45.9 Å². The third-order valence-electron chi connectivity index (χ3n) is 6.12. The molecule has 3 unspecified atom stereocenters. The van der Waals surface area contributed by atoms with Crippen molar-refractivity contribution >= 4 is 29.5 Å². The van der Waals surface area contributed by atoms with E-state index in [1.165, 1.54) is 11.8 Å². The molecule has 4 atom stereocenters. The molecule has 1 fully saturated rings. The van der Waals surface area contributed by atoms with Crippen molar-refractivity contribution in [2.45, 2.75) is 64.3 Å². The number of aliphatic carboxylic acids is 2. The van der Waals surface area contributed by atoms with Crippen molar-refractivity contribution in [2.24, 2.45) is 28.2 Å². The molecule has 1 aliphatic carbocycles. The van der Waals surface area contributed by atoms with Gasteiger partial charge < -0.3 is 27.0 Å². The second-order valence-corrected chi connectivity index (χ2v) is 9.08. The third kappa shape index (κ3) is 5.48. The number of carbonyl (C=O) groups is 3. The summed E-state index contributed by atoms with van der Waals surface area (Å²) < 4.78 is 0. The van der Waals surface area contributed by atoms with Crippen LogP contribution in [0.5, 0.6) is 0 Å². The van der Waals surface area contributed by atoms with Gasteiger partial charge in [0, 0.05) is 11.6 Å². The van der Waals surface area contributed by atoms with Crippen molar-refractivity contribution in [1.82, 2.24) is 5.32 Å². The Labute approximate surface area is 170 Å². The first-order valence-electron chi connectivity index (χ1n) is 9.51. The smallest absolute Gasteiger partial charge is 0.320 e. The molecule has 0 aromatic rings. The normalized spacial score (nSPS) is 28.8. The fraction of sp³-hybridized carbons (Fsp3) is 0.737. The Kier molecular flexibility index (Phi) is 8.97. The number of hydrogen-bond donors (Lipinski definition) is 5. The van der Waals surface area contributed by atoms with E-state index < -0.39 is 34.7 Å². The number of thioether (sulfide) groups is 1. The molecule has 1 heterocycles. The van der Waals surface area contributed by atoms with Gasteiger partial charge in [-0.25, -0.2) is 0 Å². The van der Waals surface area contributed by atoms with Gasteiger partial charge in [-0.15, -0.1) is 0 Å². The lowest BCUT2D eigenvalue weighted by Gasteiger charge is -2.40. The first-order chi connectivity index (χ1) is 13.0. The molecule has 9 heteroatoms. The second kappa shape index (κ2) is 10.3. The van der Waals surface area contributed by atoms with E-state index in [1.807, 2.05) is 26.2 Å². The molecule has 0 aromatic carbocycles. The van der Waals surface area contributed by atoms with E-state index in [4.69, 9.17) is 16.6 Å². The summed E-state index contributed by atoms with van der Waals surface area (Å²) in [6.45, 7) is 6.33. The highest BCUT2D eigenvalue weighted by atomic mass is 32.2. The maximum Gasteiger partial charge on any atom is 0.320 e. The maximum atomic E-state index is 12.6. The number of Topliss-reactive ketones (excluding diaryl/α,β-unsaturated/α-hetero) is 1. The van der Waals surface area contributed by atoms with Crippen LogP contribution in [0.1, 0.15) is 52.9 Å². The van der Waals surface area contributed by atoms with Gasteiger partial charge in [0.2, 0.25) is 0 Å². The van der Waals surface area contributed by atoms with E-state index in [0.29, 0.717) is 25.8 Å². The number of carboxylic acid groups (broad SMARTS) is 2. The molecular formula is C19H33N3O5S. The van der Waals surface area contributed by atoms with Crippen LogP contribution in [0.3, 0.4) is 0 Å². The summed E-state index contributed by atoms with van der Waals surface area (Å²) in [6, 6.07) is -0.716. The van der Waals surface area contributed by atoms with Crippen molar-refractivity contribution in [3.05, 3.63) is 11.6 Å². The summed E-state index contributed by atoms with van der Waals surface area (Å²) in [6.07, 6.45) is 5.16. The topological polar surface area (TPSA) is 156 Å². The molecule has 0 radical (unpaired) electrons. The molecule has 160 valence electrons. The highest BCUT2D eigenvalue weighted by Gasteiger charge is 2.59. The minimum absolute atomic E-state index is 0.117. The molecule has 2 rings (SSSR count). The van der Waals surface area contributed by atoms with Gasteiger partial charge in [0.1, 0.15) is 11.4 Å². The van der Waals surface area contributed by atoms with Gasteiger partial charge in [0.25, 0.3) is 0 Å². The predicted molar refractivity (Wildman–Crippen MR) is 109 cm³/mol. The molecular weight excluding hydrogens is 382 g/mol. The molecule has 0 bridgehead atoms. The molecule has 8 nitrogen and oxygen atoms in total. The monoisotopic (exact) mass is 415 g/mol. The van der Waals surface area contributed by atoms with Gasteiger partial charge >= 0.3 is 11.9 Å². The van der Waals surface area contributed by atoms with E-state index in [9.17, 15) is 19.5 Å². The van der Waals surface area contributed by atoms with E-state index in [2.05, 4.69) is 5.32 Å². The third-order valence-corrected chi connectivity index (χ3v) is 7.04. The number of unbranched alkanes of at least 4 members (excludes halogenated alkanes) is 1. The Hall–Kier alpha value is -1.58. The van der Waals surface area contributed by atoms with Crippen LogP contribution in [-0.2, 0) is 14.4 Å². The zero-order chi connectivity index (χ0) is 21.5. The van der Waals surface area contributed by atoms with Gasteiger partial charge in [-0.3, -0.25) is 14.4 Å². The SMILES string of the molecule is CC1(C(=O)C2NC=CS2)CCC(C(=O)O)C1(C)C.NCCCC[C@H](N)C(=O)O. The lowest BCUT2D eigenvalue weighted by molar-refractivity contribution is -0.148. The number of ketones is 1. The highest BCUT2D eigenvalue weighted by molar-refractivity contribution is 8.03. The minimum atomic E-state index is -0.933. The van der Waals surface area contributed by atoms with Crippen molar-refractivity contribution in [3.8, 4) is 0 Å². The summed E-state index contributed by atoms with van der Waals surface area (Å²) in [7, 11) is 0. The van der Waals surface area contributed by atoms with Gasteiger partial charge in [0.15, 0.2) is 5.78 Å². The van der Waals surface area contributed by atoms with Gasteiger partial charge in [-0.05, 0) is 43.1 Å². The Morgan fingerprint density at radius 3 is 2.32 bits per heavy atom. The van der Waals surface area contributed by atoms with E-state index in [-0.39, 0.29) is 11.2 Å². The molecule has 28 heavy (non-hydrogen) atoms. The Morgan fingerprint density at radius 1 is 1.25 bits per heavy atom. The fourth-order valence-electron chi connectivity index (χ4n) is 3.72. The molecule has 0 saturated heterocycles. The van der Waals surface area contributed by atoms with Crippen LogP contribution >= 0.6 is 11.8 Å². The van der Waals surface area contributed by atoms with Crippen LogP contribution < -0.4 is 16.8 Å². The predicted octanol–water partition coefficient (Wildman–Crippen LogP) is 1.74. The summed E-state index contributed by atoms with van der Waals surface area (Å²) in [5.74, 6) is -2.05. The van der Waals surface area contributed by atoms with Crippen LogP contribution in [0.25, 0.3) is 0 Å².